The Balaban J connectivity index is 2.35. The lowest BCUT2D eigenvalue weighted by Crippen LogP contribution is -2.39. The maximum Gasteiger partial charge on any atom is 0.182 e. The van der Waals surface area contributed by atoms with Crippen LogP contribution < -0.4 is 5.73 Å². The van der Waals surface area contributed by atoms with E-state index in [2.05, 4.69) is 0 Å². The molecule has 1 fully saturated rings. The fourth-order valence-corrected chi connectivity index (χ4v) is 4.74. The average molecular weight is 288 g/mol. The zero-order valence-corrected chi connectivity index (χ0v) is 11.8. The molecule has 0 heterocycles. The molecule has 5 heteroatoms. The van der Waals surface area contributed by atoms with Crippen molar-refractivity contribution in [3.05, 3.63) is 29.3 Å². The molecule has 0 spiro atoms. The van der Waals surface area contributed by atoms with Crippen LogP contribution in [0.15, 0.2) is 29.2 Å². The van der Waals surface area contributed by atoms with Crippen LogP contribution >= 0.6 is 11.6 Å². The van der Waals surface area contributed by atoms with Crippen molar-refractivity contribution in [2.24, 2.45) is 5.73 Å². The van der Waals surface area contributed by atoms with Gasteiger partial charge in [-0.25, -0.2) is 8.42 Å². The molecule has 2 N–H and O–H groups in total. The maximum absolute atomic E-state index is 12.6. The lowest BCUT2D eigenvalue weighted by molar-refractivity contribution is 0.531. The first-order valence-corrected chi connectivity index (χ1v) is 8.19. The van der Waals surface area contributed by atoms with Crippen LogP contribution in [0.3, 0.4) is 0 Å². The predicted octanol–water partition coefficient (Wildman–Crippen LogP) is 2.77. The van der Waals surface area contributed by atoms with E-state index in [0.717, 1.165) is 25.7 Å². The normalized spacial score (nSPS) is 25.7. The number of halogens is 1. The third kappa shape index (κ3) is 2.87. The molecule has 18 heavy (non-hydrogen) atoms. The van der Waals surface area contributed by atoms with Crippen LogP contribution in [0.5, 0.6) is 0 Å². The zero-order valence-electron chi connectivity index (χ0n) is 10.2. The standard InChI is InChI=1S/C13H18ClNO2S/c14-10-5-4-6-11(9-10)18(16,17)13-8-3-1-2-7-12(13)15/h4-6,9,12-13H,1-3,7-8,15H2. The second-order valence-corrected chi connectivity index (χ2v) is 7.45. The maximum atomic E-state index is 12.6. The minimum atomic E-state index is -3.37. The van der Waals surface area contributed by atoms with E-state index < -0.39 is 15.1 Å². The molecule has 1 aliphatic carbocycles. The van der Waals surface area contributed by atoms with Crippen molar-refractivity contribution in [1.82, 2.24) is 0 Å². The van der Waals surface area contributed by atoms with Crippen LogP contribution in [0.4, 0.5) is 0 Å². The van der Waals surface area contributed by atoms with E-state index in [1.54, 1.807) is 18.2 Å². The van der Waals surface area contributed by atoms with Gasteiger partial charge in [0, 0.05) is 11.1 Å². The van der Waals surface area contributed by atoms with Gasteiger partial charge in [0.1, 0.15) is 0 Å². The third-order valence-electron chi connectivity index (χ3n) is 3.53. The number of benzene rings is 1. The summed E-state index contributed by atoms with van der Waals surface area (Å²) in [6.45, 7) is 0. The fraction of sp³-hybridized carbons (Fsp3) is 0.538. The summed E-state index contributed by atoms with van der Waals surface area (Å²) in [5.74, 6) is 0. The molecule has 1 aromatic carbocycles. The van der Waals surface area contributed by atoms with Crippen LogP contribution in [0.2, 0.25) is 5.02 Å². The van der Waals surface area contributed by atoms with Gasteiger partial charge in [0.15, 0.2) is 9.84 Å². The molecule has 0 bridgehead atoms. The van der Waals surface area contributed by atoms with E-state index in [9.17, 15) is 8.42 Å². The minimum Gasteiger partial charge on any atom is -0.327 e. The Morgan fingerprint density at radius 1 is 1.17 bits per heavy atom. The summed E-state index contributed by atoms with van der Waals surface area (Å²) >= 11 is 5.86. The van der Waals surface area contributed by atoms with Gasteiger partial charge in [0.05, 0.1) is 10.1 Å². The molecule has 1 saturated carbocycles. The molecule has 1 aliphatic rings. The molecule has 3 nitrogen and oxygen atoms in total. The molecule has 100 valence electrons. The first-order chi connectivity index (χ1) is 8.51. The summed E-state index contributed by atoms with van der Waals surface area (Å²) in [5.41, 5.74) is 6.03. The van der Waals surface area contributed by atoms with Gasteiger partial charge in [-0.1, -0.05) is 36.9 Å². The van der Waals surface area contributed by atoms with Crippen LogP contribution in [-0.4, -0.2) is 19.7 Å². The van der Waals surface area contributed by atoms with Gasteiger partial charge in [0.25, 0.3) is 0 Å². The Morgan fingerprint density at radius 3 is 2.61 bits per heavy atom. The van der Waals surface area contributed by atoms with Gasteiger partial charge in [-0.15, -0.1) is 0 Å². The molecule has 2 atom stereocenters. The summed E-state index contributed by atoms with van der Waals surface area (Å²) in [7, 11) is -3.37. The van der Waals surface area contributed by atoms with Crippen molar-refractivity contribution in [3.63, 3.8) is 0 Å². The number of rotatable bonds is 2. The summed E-state index contributed by atoms with van der Waals surface area (Å²) in [4.78, 5) is 0.289. The van der Waals surface area contributed by atoms with E-state index in [4.69, 9.17) is 17.3 Å². The number of hydrogen-bond acceptors (Lipinski definition) is 3. The highest BCUT2D eigenvalue weighted by atomic mass is 35.5. The van der Waals surface area contributed by atoms with Crippen molar-refractivity contribution >= 4 is 21.4 Å². The van der Waals surface area contributed by atoms with E-state index in [1.165, 1.54) is 6.07 Å². The fourth-order valence-electron chi connectivity index (χ4n) is 2.51. The van der Waals surface area contributed by atoms with Gasteiger partial charge in [-0.05, 0) is 31.0 Å². The van der Waals surface area contributed by atoms with Gasteiger partial charge in [-0.3, -0.25) is 0 Å². The van der Waals surface area contributed by atoms with Crippen molar-refractivity contribution in [2.75, 3.05) is 0 Å². The SMILES string of the molecule is NC1CCCCCC1S(=O)(=O)c1cccc(Cl)c1. The van der Waals surface area contributed by atoms with Crippen LogP contribution in [0, 0.1) is 0 Å². The first kappa shape index (κ1) is 13.8. The van der Waals surface area contributed by atoms with Crippen LogP contribution in [-0.2, 0) is 9.84 Å². The van der Waals surface area contributed by atoms with Gasteiger partial charge in [0.2, 0.25) is 0 Å². The van der Waals surface area contributed by atoms with Crippen molar-refractivity contribution < 1.29 is 8.42 Å². The highest BCUT2D eigenvalue weighted by Gasteiger charge is 2.33. The number of hydrogen-bond donors (Lipinski definition) is 1. The quantitative estimate of drug-likeness (QED) is 0.851. The molecule has 0 aromatic heterocycles. The number of nitrogens with two attached hydrogens (primary N) is 1. The summed E-state index contributed by atoms with van der Waals surface area (Å²) in [6.07, 6.45) is 4.44. The van der Waals surface area contributed by atoms with Gasteiger partial charge >= 0.3 is 0 Å². The van der Waals surface area contributed by atoms with Crippen molar-refractivity contribution in [3.8, 4) is 0 Å². The molecule has 0 amide bonds. The third-order valence-corrected chi connectivity index (χ3v) is 6.06. The van der Waals surface area contributed by atoms with Crippen LogP contribution in [0.1, 0.15) is 32.1 Å². The van der Waals surface area contributed by atoms with E-state index in [0.29, 0.717) is 11.4 Å². The van der Waals surface area contributed by atoms with Gasteiger partial charge in [-0.2, -0.15) is 0 Å². The summed E-state index contributed by atoms with van der Waals surface area (Å²) < 4.78 is 25.1. The molecule has 0 saturated heterocycles. The monoisotopic (exact) mass is 287 g/mol. The highest BCUT2D eigenvalue weighted by Crippen LogP contribution is 2.28. The second kappa shape index (κ2) is 5.59. The predicted molar refractivity (Wildman–Crippen MR) is 73.5 cm³/mol. The summed E-state index contributed by atoms with van der Waals surface area (Å²) in [6, 6.07) is 6.18. The molecular formula is C13H18ClNO2S. The molecule has 2 rings (SSSR count). The largest absolute Gasteiger partial charge is 0.327 e. The first-order valence-electron chi connectivity index (χ1n) is 6.27. The van der Waals surface area contributed by atoms with E-state index in [-0.39, 0.29) is 10.9 Å². The molecule has 0 aliphatic heterocycles. The average Bonchev–Trinajstić information content (AvgIpc) is 2.54. The Labute approximate surface area is 113 Å². The Hall–Kier alpha value is -0.580. The summed E-state index contributed by atoms with van der Waals surface area (Å²) in [5, 5.41) is -0.0308. The molecule has 0 radical (unpaired) electrons. The minimum absolute atomic E-state index is 0.267. The topological polar surface area (TPSA) is 60.2 Å². The smallest absolute Gasteiger partial charge is 0.182 e. The molecular weight excluding hydrogens is 270 g/mol. The number of sulfone groups is 1. The Morgan fingerprint density at radius 2 is 1.89 bits per heavy atom. The Bertz CT molecular complexity index is 515. The highest BCUT2D eigenvalue weighted by molar-refractivity contribution is 7.92. The van der Waals surface area contributed by atoms with E-state index in [1.807, 2.05) is 0 Å². The second-order valence-electron chi connectivity index (χ2n) is 4.84. The van der Waals surface area contributed by atoms with Crippen LogP contribution in [0.25, 0.3) is 0 Å². The van der Waals surface area contributed by atoms with Gasteiger partial charge < -0.3 is 5.73 Å². The zero-order chi connectivity index (χ0) is 13.2. The molecule has 1 aromatic rings. The lowest BCUT2D eigenvalue weighted by atomic mass is 10.1. The lowest BCUT2D eigenvalue weighted by Gasteiger charge is -2.21. The molecule has 2 unspecified atom stereocenters. The van der Waals surface area contributed by atoms with Crippen molar-refractivity contribution in [2.45, 2.75) is 48.3 Å². The van der Waals surface area contributed by atoms with E-state index >= 15 is 0 Å². The Kier molecular flexibility index (Phi) is 4.30. The van der Waals surface area contributed by atoms with Crippen molar-refractivity contribution in [1.29, 1.82) is 0 Å².